The number of hydrogen-bond donors (Lipinski definition) is 0. The number of halogens is 1. The Balaban J connectivity index is 2.08. The van der Waals surface area contributed by atoms with Crippen molar-refractivity contribution >= 4 is 0 Å². The quantitative estimate of drug-likeness (QED) is 0.537. The maximum Gasteiger partial charge on any atom is 0.0900 e. The zero-order valence-corrected chi connectivity index (χ0v) is 5.83. The molecule has 0 bridgehead atoms. The summed E-state index contributed by atoms with van der Waals surface area (Å²) in [6, 6.07) is 0. The minimum Gasteiger partial charge on any atom is -0.251 e. The summed E-state index contributed by atoms with van der Waals surface area (Å²) in [6.45, 7) is -0.144. The molecule has 1 heteroatoms. The lowest BCUT2D eigenvalue weighted by molar-refractivity contribution is 0.430. The predicted molar refractivity (Wildman–Crippen MR) is 36.9 cm³/mol. The van der Waals surface area contributed by atoms with Crippen LogP contribution >= 0.6 is 0 Å². The lowest BCUT2D eigenvalue weighted by Crippen LogP contribution is -2.03. The van der Waals surface area contributed by atoms with Crippen LogP contribution in [0.25, 0.3) is 0 Å². The largest absolute Gasteiger partial charge is 0.251 e. The Bertz CT molecular complexity index is 62.2. The van der Waals surface area contributed by atoms with E-state index in [0.717, 1.165) is 6.42 Å². The minimum absolute atomic E-state index is 0.144. The molecule has 0 spiro atoms. The number of alkyl halides is 1. The smallest absolute Gasteiger partial charge is 0.0900 e. The van der Waals surface area contributed by atoms with Crippen LogP contribution in [0.1, 0.15) is 38.5 Å². The van der Waals surface area contributed by atoms with Gasteiger partial charge in [0.15, 0.2) is 0 Å². The van der Waals surface area contributed by atoms with Crippen molar-refractivity contribution in [1.29, 1.82) is 0 Å². The molecule has 9 heavy (non-hydrogen) atoms. The molecular formula is C8H14F. The van der Waals surface area contributed by atoms with Gasteiger partial charge < -0.3 is 0 Å². The summed E-state index contributed by atoms with van der Waals surface area (Å²) < 4.78 is 11.8. The van der Waals surface area contributed by atoms with Gasteiger partial charge in [-0.25, -0.2) is 0 Å². The number of rotatable bonds is 2. The Labute approximate surface area is 56.5 Å². The molecule has 0 aliphatic heterocycles. The molecular weight excluding hydrogens is 115 g/mol. The van der Waals surface area contributed by atoms with Crippen LogP contribution in [0.4, 0.5) is 4.39 Å². The first kappa shape index (κ1) is 7.04. The van der Waals surface area contributed by atoms with E-state index >= 15 is 0 Å². The normalized spacial score (nSPS) is 22.3. The topological polar surface area (TPSA) is 0 Å². The van der Waals surface area contributed by atoms with E-state index in [2.05, 4.69) is 0 Å². The van der Waals surface area contributed by atoms with Crippen LogP contribution in [0.5, 0.6) is 0 Å². The first-order chi connectivity index (χ1) is 4.43. The maximum absolute atomic E-state index is 11.8. The third kappa shape index (κ3) is 2.33. The predicted octanol–water partition coefficient (Wildman–Crippen LogP) is 2.88. The van der Waals surface area contributed by atoms with E-state index in [1.165, 1.54) is 38.0 Å². The Kier molecular flexibility index (Phi) is 3.02. The van der Waals surface area contributed by atoms with E-state index in [0.29, 0.717) is 0 Å². The summed E-state index contributed by atoms with van der Waals surface area (Å²) in [6.07, 6.45) is 7.09. The standard InChI is InChI=1S/C8H14F/c9-7-6-8-4-2-1-3-5-8/h1-7H2. The molecule has 0 N–H and O–H groups in total. The van der Waals surface area contributed by atoms with Gasteiger partial charge in [0, 0.05) is 0 Å². The van der Waals surface area contributed by atoms with E-state index in [9.17, 15) is 4.39 Å². The Morgan fingerprint density at radius 1 is 1.11 bits per heavy atom. The minimum atomic E-state index is -0.144. The third-order valence-electron chi connectivity index (χ3n) is 2.01. The molecule has 1 fully saturated rings. The average molecular weight is 129 g/mol. The summed E-state index contributed by atoms with van der Waals surface area (Å²) in [5, 5.41) is 0. The highest BCUT2D eigenvalue weighted by atomic mass is 19.1. The SMILES string of the molecule is FCC[C]1CCCCC1. The van der Waals surface area contributed by atoms with E-state index in [4.69, 9.17) is 0 Å². The summed E-state index contributed by atoms with van der Waals surface area (Å²) in [7, 11) is 0. The van der Waals surface area contributed by atoms with Gasteiger partial charge in [-0.1, -0.05) is 19.3 Å². The molecule has 0 aromatic rings. The van der Waals surface area contributed by atoms with Gasteiger partial charge in [-0.15, -0.1) is 0 Å². The van der Waals surface area contributed by atoms with Crippen LogP contribution in [0.15, 0.2) is 0 Å². The first-order valence-electron chi connectivity index (χ1n) is 3.83. The van der Waals surface area contributed by atoms with Crippen molar-refractivity contribution in [3.05, 3.63) is 5.92 Å². The van der Waals surface area contributed by atoms with E-state index < -0.39 is 0 Å². The monoisotopic (exact) mass is 129 g/mol. The molecule has 1 rings (SSSR count). The van der Waals surface area contributed by atoms with Gasteiger partial charge in [0.1, 0.15) is 0 Å². The van der Waals surface area contributed by atoms with Gasteiger partial charge in [0.2, 0.25) is 0 Å². The van der Waals surface area contributed by atoms with Crippen LogP contribution < -0.4 is 0 Å². The highest BCUT2D eigenvalue weighted by Gasteiger charge is 2.12. The number of hydrogen-bond acceptors (Lipinski definition) is 0. The fourth-order valence-electron chi connectivity index (χ4n) is 1.44. The van der Waals surface area contributed by atoms with Gasteiger partial charge in [-0.3, -0.25) is 4.39 Å². The molecule has 0 aromatic carbocycles. The van der Waals surface area contributed by atoms with Gasteiger partial charge in [0.25, 0.3) is 0 Å². The lowest BCUT2D eigenvalue weighted by Gasteiger charge is -2.18. The molecule has 0 aromatic heterocycles. The Morgan fingerprint density at radius 3 is 2.33 bits per heavy atom. The molecule has 1 aliphatic rings. The lowest BCUT2D eigenvalue weighted by atomic mass is 9.87. The van der Waals surface area contributed by atoms with Crippen molar-refractivity contribution in [2.45, 2.75) is 38.5 Å². The molecule has 1 saturated carbocycles. The summed E-state index contributed by atoms with van der Waals surface area (Å²) >= 11 is 0. The van der Waals surface area contributed by atoms with E-state index in [1.54, 1.807) is 0 Å². The van der Waals surface area contributed by atoms with Crippen molar-refractivity contribution in [1.82, 2.24) is 0 Å². The van der Waals surface area contributed by atoms with Crippen molar-refractivity contribution in [2.24, 2.45) is 0 Å². The second-order valence-corrected chi connectivity index (χ2v) is 2.75. The van der Waals surface area contributed by atoms with Crippen molar-refractivity contribution < 1.29 is 4.39 Å². The Morgan fingerprint density at radius 2 is 1.78 bits per heavy atom. The highest BCUT2D eigenvalue weighted by Crippen LogP contribution is 2.27. The summed E-state index contributed by atoms with van der Waals surface area (Å²) in [5.74, 6) is 1.46. The molecule has 0 nitrogen and oxygen atoms in total. The second kappa shape index (κ2) is 3.86. The summed E-state index contributed by atoms with van der Waals surface area (Å²) in [4.78, 5) is 0. The van der Waals surface area contributed by atoms with Crippen LogP contribution in [-0.2, 0) is 0 Å². The van der Waals surface area contributed by atoms with Crippen LogP contribution in [0, 0.1) is 5.92 Å². The maximum atomic E-state index is 11.8. The van der Waals surface area contributed by atoms with E-state index in [1.807, 2.05) is 0 Å². The van der Waals surface area contributed by atoms with Gasteiger partial charge in [0.05, 0.1) is 6.67 Å². The van der Waals surface area contributed by atoms with Crippen LogP contribution in [0.3, 0.4) is 0 Å². The summed E-state index contributed by atoms with van der Waals surface area (Å²) in [5.41, 5.74) is 0. The van der Waals surface area contributed by atoms with Crippen LogP contribution in [0.2, 0.25) is 0 Å². The van der Waals surface area contributed by atoms with Crippen molar-refractivity contribution in [3.8, 4) is 0 Å². The molecule has 0 saturated heterocycles. The molecule has 1 radical (unpaired) electrons. The fourth-order valence-corrected chi connectivity index (χ4v) is 1.44. The third-order valence-corrected chi connectivity index (χ3v) is 2.01. The molecule has 0 heterocycles. The van der Waals surface area contributed by atoms with Gasteiger partial charge in [-0.2, -0.15) is 0 Å². The van der Waals surface area contributed by atoms with Crippen LogP contribution in [-0.4, -0.2) is 6.67 Å². The molecule has 0 amide bonds. The van der Waals surface area contributed by atoms with Gasteiger partial charge in [-0.05, 0) is 25.2 Å². The van der Waals surface area contributed by atoms with E-state index in [-0.39, 0.29) is 6.67 Å². The zero-order valence-electron chi connectivity index (χ0n) is 5.83. The molecule has 1 aliphatic carbocycles. The van der Waals surface area contributed by atoms with Crippen molar-refractivity contribution in [2.75, 3.05) is 6.67 Å². The first-order valence-corrected chi connectivity index (χ1v) is 3.83. The molecule has 53 valence electrons. The zero-order chi connectivity index (χ0) is 6.53. The van der Waals surface area contributed by atoms with Crippen molar-refractivity contribution in [3.63, 3.8) is 0 Å². The highest BCUT2D eigenvalue weighted by molar-refractivity contribution is 4.91. The fraction of sp³-hybridized carbons (Fsp3) is 0.875. The average Bonchev–Trinajstić information content (AvgIpc) is 1.91. The Hall–Kier alpha value is -0.0700. The van der Waals surface area contributed by atoms with Gasteiger partial charge >= 0.3 is 0 Å². The second-order valence-electron chi connectivity index (χ2n) is 2.75. The molecule has 0 atom stereocenters. The molecule has 0 unspecified atom stereocenters.